The Kier molecular flexibility index (Phi) is 8.95. The second-order valence-electron chi connectivity index (χ2n) is 7.19. The number of benzene rings is 2. The molecule has 33 heavy (non-hydrogen) atoms. The summed E-state index contributed by atoms with van der Waals surface area (Å²) in [5, 5.41) is 12.3. The lowest BCUT2D eigenvalue weighted by Crippen LogP contribution is -2.21. The van der Waals surface area contributed by atoms with Gasteiger partial charge in [0.15, 0.2) is 11.0 Å². The van der Waals surface area contributed by atoms with Crippen LogP contribution < -0.4 is 15.0 Å². The van der Waals surface area contributed by atoms with E-state index in [0.717, 1.165) is 24.5 Å². The van der Waals surface area contributed by atoms with E-state index in [-0.39, 0.29) is 11.7 Å². The quantitative estimate of drug-likeness (QED) is 0.296. The minimum atomic E-state index is -0.134. The fourth-order valence-corrected chi connectivity index (χ4v) is 4.23. The van der Waals surface area contributed by atoms with E-state index in [1.54, 1.807) is 6.08 Å². The van der Waals surface area contributed by atoms with Gasteiger partial charge >= 0.3 is 0 Å². The molecule has 0 atom stereocenters. The van der Waals surface area contributed by atoms with E-state index in [0.29, 0.717) is 29.7 Å². The number of para-hydroxylation sites is 2. The number of hydrogen-bond acceptors (Lipinski definition) is 6. The molecular weight excluding hydrogens is 434 g/mol. The van der Waals surface area contributed by atoms with E-state index in [9.17, 15) is 4.79 Å². The van der Waals surface area contributed by atoms with Crippen molar-refractivity contribution in [2.24, 2.45) is 0 Å². The lowest BCUT2D eigenvalue weighted by molar-refractivity contribution is -0.113. The van der Waals surface area contributed by atoms with Gasteiger partial charge in [0.25, 0.3) is 0 Å². The summed E-state index contributed by atoms with van der Waals surface area (Å²) >= 11 is 1.34. The van der Waals surface area contributed by atoms with Crippen molar-refractivity contribution in [2.75, 3.05) is 35.7 Å². The van der Waals surface area contributed by atoms with Gasteiger partial charge in [-0.05, 0) is 57.2 Å². The smallest absolute Gasteiger partial charge is 0.234 e. The monoisotopic (exact) mass is 465 g/mol. The second-order valence-corrected chi connectivity index (χ2v) is 8.13. The maximum Gasteiger partial charge on any atom is 0.234 e. The van der Waals surface area contributed by atoms with Crippen LogP contribution in [0.1, 0.15) is 20.8 Å². The van der Waals surface area contributed by atoms with Crippen LogP contribution in [-0.2, 0) is 11.3 Å². The van der Waals surface area contributed by atoms with Gasteiger partial charge < -0.3 is 15.0 Å². The number of allylic oxidation sites excluding steroid dienone is 1. The largest absolute Gasteiger partial charge is 0.492 e. The Balaban J connectivity index is 1.72. The first kappa shape index (κ1) is 24.4. The summed E-state index contributed by atoms with van der Waals surface area (Å²) in [5.41, 5.74) is 2.81. The minimum Gasteiger partial charge on any atom is -0.492 e. The number of aromatic nitrogens is 3. The van der Waals surface area contributed by atoms with Gasteiger partial charge in [-0.15, -0.1) is 16.8 Å². The van der Waals surface area contributed by atoms with Crippen molar-refractivity contribution in [3.8, 4) is 17.1 Å². The van der Waals surface area contributed by atoms with Gasteiger partial charge in [-0.1, -0.05) is 30.0 Å². The highest BCUT2D eigenvalue weighted by atomic mass is 32.2. The first-order valence-electron chi connectivity index (χ1n) is 11.1. The van der Waals surface area contributed by atoms with Crippen molar-refractivity contribution in [3.05, 3.63) is 61.2 Å². The molecule has 174 valence electrons. The number of amides is 1. The number of anilines is 2. The molecule has 1 aromatic heterocycles. The average Bonchev–Trinajstić information content (AvgIpc) is 3.23. The van der Waals surface area contributed by atoms with Crippen LogP contribution in [0.25, 0.3) is 11.4 Å². The highest BCUT2D eigenvalue weighted by molar-refractivity contribution is 7.99. The van der Waals surface area contributed by atoms with Crippen molar-refractivity contribution >= 4 is 29.0 Å². The molecule has 7 nitrogen and oxygen atoms in total. The van der Waals surface area contributed by atoms with Crippen molar-refractivity contribution in [1.82, 2.24) is 14.8 Å². The summed E-state index contributed by atoms with van der Waals surface area (Å²) in [6.07, 6.45) is 1.81. The first-order chi connectivity index (χ1) is 16.1. The third kappa shape index (κ3) is 6.16. The highest BCUT2D eigenvalue weighted by Crippen LogP contribution is 2.27. The van der Waals surface area contributed by atoms with Crippen LogP contribution >= 0.6 is 11.8 Å². The molecule has 0 aliphatic rings. The number of carbonyl (C=O) groups excluding carboxylic acids is 1. The first-order valence-corrected chi connectivity index (χ1v) is 12.1. The lowest BCUT2D eigenvalue weighted by atomic mass is 10.2. The molecule has 8 heteroatoms. The van der Waals surface area contributed by atoms with E-state index >= 15 is 0 Å². The molecule has 3 rings (SSSR count). The van der Waals surface area contributed by atoms with Crippen LogP contribution in [0.4, 0.5) is 11.4 Å². The molecule has 0 aliphatic carbocycles. The summed E-state index contributed by atoms with van der Waals surface area (Å²) < 4.78 is 7.56. The van der Waals surface area contributed by atoms with Crippen LogP contribution in [0.3, 0.4) is 0 Å². The van der Waals surface area contributed by atoms with Gasteiger partial charge in [-0.3, -0.25) is 9.36 Å². The number of carbonyl (C=O) groups is 1. The van der Waals surface area contributed by atoms with E-state index in [1.807, 2.05) is 35.8 Å². The Morgan fingerprint density at radius 2 is 1.85 bits per heavy atom. The summed E-state index contributed by atoms with van der Waals surface area (Å²) in [6, 6.07) is 15.7. The Labute approximate surface area is 199 Å². The molecule has 2 aromatic carbocycles. The predicted molar refractivity (Wildman–Crippen MR) is 136 cm³/mol. The third-order valence-electron chi connectivity index (χ3n) is 5.08. The molecule has 0 unspecified atom stereocenters. The van der Waals surface area contributed by atoms with E-state index in [4.69, 9.17) is 4.74 Å². The van der Waals surface area contributed by atoms with Crippen LogP contribution in [-0.4, -0.2) is 46.1 Å². The van der Waals surface area contributed by atoms with Gasteiger partial charge in [-0.2, -0.15) is 0 Å². The number of nitrogens with one attached hydrogen (secondary N) is 1. The SMILES string of the molecule is C=CCn1c(SCC(=O)Nc2ccccc2OCC)nnc1-c1ccc(N(CC)CC)cc1. The molecule has 1 heterocycles. The molecule has 0 fully saturated rings. The van der Waals surface area contributed by atoms with E-state index < -0.39 is 0 Å². The molecule has 0 aliphatic heterocycles. The zero-order valence-electron chi connectivity index (χ0n) is 19.5. The number of rotatable bonds is 12. The van der Waals surface area contributed by atoms with Crippen LogP contribution in [0.5, 0.6) is 5.75 Å². The fraction of sp³-hybridized carbons (Fsp3) is 0.320. The van der Waals surface area contributed by atoms with Crippen molar-refractivity contribution in [3.63, 3.8) is 0 Å². The number of nitrogens with zero attached hydrogens (tertiary/aromatic N) is 4. The summed E-state index contributed by atoms with van der Waals surface area (Å²) in [5.74, 6) is 1.48. The number of hydrogen-bond donors (Lipinski definition) is 1. The van der Waals surface area contributed by atoms with Crippen LogP contribution in [0.15, 0.2) is 66.3 Å². The minimum absolute atomic E-state index is 0.134. The maximum absolute atomic E-state index is 12.6. The fourth-order valence-electron chi connectivity index (χ4n) is 3.48. The van der Waals surface area contributed by atoms with Gasteiger partial charge in [0.1, 0.15) is 5.75 Å². The highest BCUT2D eigenvalue weighted by Gasteiger charge is 2.16. The molecule has 0 bridgehead atoms. The average molecular weight is 466 g/mol. The lowest BCUT2D eigenvalue weighted by Gasteiger charge is -2.21. The normalized spacial score (nSPS) is 10.6. The Morgan fingerprint density at radius 3 is 2.52 bits per heavy atom. The van der Waals surface area contributed by atoms with Crippen molar-refractivity contribution < 1.29 is 9.53 Å². The Morgan fingerprint density at radius 1 is 1.12 bits per heavy atom. The summed E-state index contributed by atoms with van der Waals surface area (Å²) in [4.78, 5) is 14.9. The van der Waals surface area contributed by atoms with Crippen molar-refractivity contribution in [1.29, 1.82) is 0 Å². The molecule has 0 saturated carbocycles. The molecule has 0 radical (unpaired) electrons. The molecular formula is C25H31N5O2S. The topological polar surface area (TPSA) is 72.3 Å². The maximum atomic E-state index is 12.6. The van der Waals surface area contributed by atoms with Gasteiger partial charge in [0.05, 0.1) is 18.0 Å². The van der Waals surface area contributed by atoms with E-state index in [1.165, 1.54) is 17.4 Å². The number of thioether (sulfide) groups is 1. The molecule has 1 N–H and O–H groups in total. The second kappa shape index (κ2) is 12.1. The van der Waals surface area contributed by atoms with E-state index in [2.05, 4.69) is 65.1 Å². The van der Waals surface area contributed by atoms with Crippen LogP contribution in [0.2, 0.25) is 0 Å². The zero-order chi connectivity index (χ0) is 23.6. The molecule has 3 aromatic rings. The van der Waals surface area contributed by atoms with Crippen molar-refractivity contribution in [2.45, 2.75) is 32.5 Å². The standard InChI is InChI=1S/C25H31N5O2S/c1-5-17-30-24(19-13-15-20(16-14-19)29(6-2)7-3)27-28-25(30)33-18-23(31)26-21-11-9-10-12-22(21)32-8-4/h5,9-16H,1,6-8,17-18H2,2-4H3,(H,26,31). The molecule has 0 saturated heterocycles. The predicted octanol–water partition coefficient (Wildman–Crippen LogP) is 5.11. The van der Waals surface area contributed by atoms with Gasteiger partial charge in [0.2, 0.25) is 5.91 Å². The Hall–Kier alpha value is -3.26. The third-order valence-corrected chi connectivity index (χ3v) is 6.04. The summed E-state index contributed by atoms with van der Waals surface area (Å²) in [7, 11) is 0. The molecule has 1 amide bonds. The summed E-state index contributed by atoms with van der Waals surface area (Å²) in [6.45, 7) is 13.1. The zero-order valence-corrected chi connectivity index (χ0v) is 20.3. The van der Waals surface area contributed by atoms with Crippen LogP contribution in [0, 0.1) is 0 Å². The number of ether oxygens (including phenoxy) is 1. The Bertz CT molecular complexity index is 1060. The molecule has 0 spiro atoms. The van der Waals surface area contributed by atoms with Gasteiger partial charge in [0, 0.05) is 30.9 Å². The van der Waals surface area contributed by atoms with Gasteiger partial charge in [-0.25, -0.2) is 0 Å².